The summed E-state index contributed by atoms with van der Waals surface area (Å²) < 4.78 is 0. The minimum atomic E-state index is 0.0948. The van der Waals surface area contributed by atoms with Gasteiger partial charge >= 0.3 is 0 Å². The molecule has 1 saturated carbocycles. The van der Waals surface area contributed by atoms with E-state index in [4.69, 9.17) is 10.6 Å². The fraction of sp³-hybridized carbons (Fsp3) is 0.875. The molecule has 2 rings (SSSR count). The Labute approximate surface area is 71.6 Å². The van der Waals surface area contributed by atoms with Crippen molar-refractivity contribution in [1.29, 1.82) is 0 Å². The molecule has 0 aromatic rings. The standard InChI is InChI=1S/C8H14N2O2/c9-3-4-10-8(11)5-7(12-10)6-1-2-6/h6-7H,1-5,9H2. The first-order chi connectivity index (χ1) is 5.81. The molecule has 1 amide bonds. The van der Waals surface area contributed by atoms with Crippen LogP contribution in [0, 0.1) is 5.92 Å². The number of hydrogen-bond acceptors (Lipinski definition) is 3. The SMILES string of the molecule is NCCN1OC(C2CC2)CC1=O. The van der Waals surface area contributed by atoms with Gasteiger partial charge in [0.05, 0.1) is 19.1 Å². The molecule has 1 aliphatic carbocycles. The summed E-state index contributed by atoms with van der Waals surface area (Å²) in [5.41, 5.74) is 5.33. The average molecular weight is 170 g/mol. The number of hydrogen-bond donors (Lipinski definition) is 1. The first kappa shape index (κ1) is 8.01. The predicted octanol–water partition coefficient (Wildman–Crippen LogP) is -0.112. The smallest absolute Gasteiger partial charge is 0.248 e. The molecule has 1 heterocycles. The number of nitrogens with zero attached hydrogens (tertiary/aromatic N) is 1. The van der Waals surface area contributed by atoms with Crippen molar-refractivity contribution in [2.45, 2.75) is 25.4 Å². The predicted molar refractivity (Wildman–Crippen MR) is 43.0 cm³/mol. The van der Waals surface area contributed by atoms with Gasteiger partial charge in [0.15, 0.2) is 0 Å². The highest BCUT2D eigenvalue weighted by Crippen LogP contribution is 2.38. The number of carbonyl (C=O) groups is 1. The molecule has 0 aromatic heterocycles. The summed E-state index contributed by atoms with van der Waals surface area (Å²) in [6.07, 6.45) is 3.15. The van der Waals surface area contributed by atoms with E-state index in [1.165, 1.54) is 17.9 Å². The Bertz CT molecular complexity index is 191. The number of rotatable bonds is 3. The van der Waals surface area contributed by atoms with E-state index in [1.54, 1.807) is 0 Å². The van der Waals surface area contributed by atoms with E-state index in [9.17, 15) is 4.79 Å². The van der Waals surface area contributed by atoms with Crippen LogP contribution in [0.1, 0.15) is 19.3 Å². The van der Waals surface area contributed by atoms with Gasteiger partial charge < -0.3 is 5.73 Å². The molecule has 4 heteroatoms. The van der Waals surface area contributed by atoms with Gasteiger partial charge in [-0.25, -0.2) is 5.06 Å². The van der Waals surface area contributed by atoms with Crippen LogP contribution in [0.2, 0.25) is 0 Å². The zero-order chi connectivity index (χ0) is 8.55. The van der Waals surface area contributed by atoms with Crippen LogP contribution in [0.4, 0.5) is 0 Å². The third-order valence-corrected chi connectivity index (χ3v) is 2.40. The fourth-order valence-electron chi connectivity index (χ4n) is 1.55. The third kappa shape index (κ3) is 1.44. The Morgan fingerprint density at radius 1 is 1.58 bits per heavy atom. The van der Waals surface area contributed by atoms with Gasteiger partial charge in [-0.1, -0.05) is 0 Å². The van der Waals surface area contributed by atoms with Crippen molar-refractivity contribution in [1.82, 2.24) is 5.06 Å². The molecule has 0 spiro atoms. The average Bonchev–Trinajstić information content (AvgIpc) is 2.80. The van der Waals surface area contributed by atoms with Crippen LogP contribution in [0.15, 0.2) is 0 Å². The van der Waals surface area contributed by atoms with Gasteiger partial charge in [0.2, 0.25) is 5.91 Å². The molecule has 2 aliphatic rings. The van der Waals surface area contributed by atoms with E-state index in [-0.39, 0.29) is 12.0 Å². The molecule has 1 atom stereocenters. The lowest BCUT2D eigenvalue weighted by Crippen LogP contribution is -2.29. The summed E-state index contributed by atoms with van der Waals surface area (Å²) in [4.78, 5) is 16.7. The van der Waals surface area contributed by atoms with Crippen LogP contribution < -0.4 is 5.73 Å². The highest BCUT2D eigenvalue weighted by molar-refractivity contribution is 5.77. The lowest BCUT2D eigenvalue weighted by atomic mass is 10.2. The summed E-state index contributed by atoms with van der Waals surface area (Å²) in [6, 6.07) is 0. The quantitative estimate of drug-likeness (QED) is 0.643. The Morgan fingerprint density at radius 2 is 2.33 bits per heavy atom. The van der Waals surface area contributed by atoms with Gasteiger partial charge in [0.25, 0.3) is 0 Å². The molecule has 1 aliphatic heterocycles. The van der Waals surface area contributed by atoms with Gasteiger partial charge in [-0.2, -0.15) is 0 Å². The van der Waals surface area contributed by atoms with Gasteiger partial charge in [-0.15, -0.1) is 0 Å². The molecule has 4 nitrogen and oxygen atoms in total. The molecule has 68 valence electrons. The maximum atomic E-state index is 11.3. The number of hydroxylamine groups is 2. The normalized spacial score (nSPS) is 29.9. The van der Waals surface area contributed by atoms with Crippen molar-refractivity contribution in [2.24, 2.45) is 11.7 Å². The molecular formula is C8H14N2O2. The zero-order valence-corrected chi connectivity index (χ0v) is 7.03. The topological polar surface area (TPSA) is 55.6 Å². The summed E-state index contributed by atoms with van der Waals surface area (Å²) in [6.45, 7) is 1.01. The van der Waals surface area contributed by atoms with Crippen molar-refractivity contribution < 1.29 is 9.63 Å². The Balaban J connectivity index is 1.88. The maximum absolute atomic E-state index is 11.3. The third-order valence-electron chi connectivity index (χ3n) is 2.40. The second-order valence-corrected chi connectivity index (χ2v) is 3.47. The summed E-state index contributed by atoms with van der Waals surface area (Å²) in [7, 11) is 0. The molecule has 12 heavy (non-hydrogen) atoms. The lowest BCUT2D eigenvalue weighted by molar-refractivity contribution is -0.174. The van der Waals surface area contributed by atoms with Crippen LogP contribution in [-0.4, -0.2) is 30.2 Å². The Kier molecular flexibility index (Phi) is 2.02. The maximum Gasteiger partial charge on any atom is 0.248 e. The largest absolute Gasteiger partial charge is 0.329 e. The minimum absolute atomic E-state index is 0.0948. The number of carbonyl (C=O) groups excluding carboxylic acids is 1. The molecule has 2 N–H and O–H groups in total. The van der Waals surface area contributed by atoms with Crippen molar-refractivity contribution in [3.05, 3.63) is 0 Å². The molecular weight excluding hydrogens is 156 g/mol. The molecule has 2 fully saturated rings. The van der Waals surface area contributed by atoms with Crippen molar-refractivity contribution >= 4 is 5.91 Å². The van der Waals surface area contributed by atoms with Crippen molar-refractivity contribution in [3.63, 3.8) is 0 Å². The fourth-order valence-corrected chi connectivity index (χ4v) is 1.55. The van der Waals surface area contributed by atoms with Crippen molar-refractivity contribution in [2.75, 3.05) is 13.1 Å². The van der Waals surface area contributed by atoms with E-state index >= 15 is 0 Å². The monoisotopic (exact) mass is 170 g/mol. The number of amides is 1. The Morgan fingerprint density at radius 3 is 2.92 bits per heavy atom. The molecule has 1 saturated heterocycles. The van der Waals surface area contributed by atoms with Gasteiger partial charge in [0, 0.05) is 6.54 Å². The minimum Gasteiger partial charge on any atom is -0.329 e. The van der Waals surface area contributed by atoms with Crippen LogP contribution in [0.3, 0.4) is 0 Å². The lowest BCUT2D eigenvalue weighted by Gasteiger charge is -2.14. The van der Waals surface area contributed by atoms with E-state index in [0.717, 1.165) is 0 Å². The van der Waals surface area contributed by atoms with Crippen LogP contribution in [0.5, 0.6) is 0 Å². The van der Waals surface area contributed by atoms with E-state index in [0.29, 0.717) is 25.4 Å². The summed E-state index contributed by atoms with van der Waals surface area (Å²) in [5, 5.41) is 1.42. The van der Waals surface area contributed by atoms with Crippen LogP contribution in [-0.2, 0) is 9.63 Å². The summed E-state index contributed by atoms with van der Waals surface area (Å²) in [5.74, 6) is 0.731. The highest BCUT2D eigenvalue weighted by Gasteiger charge is 2.40. The molecule has 0 radical (unpaired) electrons. The summed E-state index contributed by atoms with van der Waals surface area (Å²) >= 11 is 0. The first-order valence-electron chi connectivity index (χ1n) is 4.48. The number of nitrogens with two attached hydrogens (primary N) is 1. The van der Waals surface area contributed by atoms with Gasteiger partial charge in [0.1, 0.15) is 0 Å². The second-order valence-electron chi connectivity index (χ2n) is 3.47. The molecule has 0 bridgehead atoms. The van der Waals surface area contributed by atoms with E-state index in [2.05, 4.69) is 0 Å². The van der Waals surface area contributed by atoms with Crippen LogP contribution >= 0.6 is 0 Å². The van der Waals surface area contributed by atoms with E-state index < -0.39 is 0 Å². The second kappa shape index (κ2) is 3.03. The van der Waals surface area contributed by atoms with Gasteiger partial charge in [-0.3, -0.25) is 9.63 Å². The van der Waals surface area contributed by atoms with Crippen molar-refractivity contribution in [3.8, 4) is 0 Å². The Hall–Kier alpha value is -0.610. The molecule has 0 aromatic carbocycles. The van der Waals surface area contributed by atoms with Gasteiger partial charge in [-0.05, 0) is 18.8 Å². The highest BCUT2D eigenvalue weighted by atomic mass is 16.7. The zero-order valence-electron chi connectivity index (χ0n) is 7.03. The molecule has 1 unspecified atom stereocenters. The van der Waals surface area contributed by atoms with E-state index in [1.807, 2.05) is 0 Å². The van der Waals surface area contributed by atoms with Crippen LogP contribution in [0.25, 0.3) is 0 Å². The first-order valence-corrected chi connectivity index (χ1v) is 4.48.